The van der Waals surface area contributed by atoms with Gasteiger partial charge in [-0.25, -0.2) is 0 Å². The number of pyridine rings is 1. The molecule has 0 bridgehead atoms. The first-order valence-electron chi connectivity index (χ1n) is 14.7. The van der Waals surface area contributed by atoms with E-state index in [1.54, 1.807) is 36.5 Å². The molecule has 0 amide bonds. The lowest BCUT2D eigenvalue weighted by molar-refractivity contribution is -0.384. The highest BCUT2D eigenvalue weighted by molar-refractivity contribution is 6.32. The van der Waals surface area contributed by atoms with Crippen LogP contribution >= 0.6 is 11.6 Å². The molecule has 0 spiro atoms. The number of benzene rings is 4. The molecule has 1 heterocycles. The fourth-order valence-corrected chi connectivity index (χ4v) is 5.54. The number of nitriles is 1. The van der Waals surface area contributed by atoms with Crippen molar-refractivity contribution >= 4 is 29.9 Å². The van der Waals surface area contributed by atoms with Crippen molar-refractivity contribution < 1.29 is 28.7 Å². The highest BCUT2D eigenvalue weighted by Crippen LogP contribution is 2.41. The summed E-state index contributed by atoms with van der Waals surface area (Å²) in [5, 5.41) is 20.9. The van der Waals surface area contributed by atoms with Crippen LogP contribution in [0.15, 0.2) is 85.2 Å². The summed E-state index contributed by atoms with van der Waals surface area (Å²) in [4.78, 5) is 38.0. The van der Waals surface area contributed by atoms with Crippen LogP contribution in [-0.2, 0) is 18.0 Å². The number of nitro groups is 1. The highest BCUT2D eigenvalue weighted by atomic mass is 35.5. The van der Waals surface area contributed by atoms with Crippen LogP contribution in [0.25, 0.3) is 22.3 Å². The lowest BCUT2D eigenvalue weighted by Crippen LogP contribution is -2.04. The number of aromatic nitrogens is 1. The minimum Gasteiger partial charge on any atom is -0.488 e. The average Bonchev–Trinajstić information content (AvgIpc) is 3.10. The molecular formula is C37H28ClN3O7. The molecule has 4 aromatic carbocycles. The zero-order chi connectivity index (χ0) is 34.2. The van der Waals surface area contributed by atoms with E-state index in [1.165, 1.54) is 24.4 Å². The number of non-ortho nitro benzene ring substituents is 1. The van der Waals surface area contributed by atoms with Crippen LogP contribution in [0.5, 0.6) is 17.2 Å². The van der Waals surface area contributed by atoms with Crippen LogP contribution < -0.4 is 14.2 Å². The average molecular weight is 662 g/mol. The zero-order valence-electron chi connectivity index (χ0n) is 25.9. The molecule has 0 saturated carbocycles. The van der Waals surface area contributed by atoms with Crippen molar-refractivity contribution in [2.45, 2.75) is 27.1 Å². The molecule has 0 radical (unpaired) electrons. The van der Waals surface area contributed by atoms with Crippen molar-refractivity contribution in [2.75, 3.05) is 6.61 Å². The molecule has 0 fully saturated rings. The van der Waals surface area contributed by atoms with Crippen molar-refractivity contribution in [1.82, 2.24) is 4.98 Å². The number of nitrogens with zero attached hydrogens (tertiary/aromatic N) is 3. The van der Waals surface area contributed by atoms with Crippen LogP contribution in [0, 0.1) is 35.3 Å². The molecule has 10 nitrogen and oxygen atoms in total. The van der Waals surface area contributed by atoms with E-state index in [1.807, 2.05) is 44.2 Å². The number of rotatable bonds is 13. The van der Waals surface area contributed by atoms with Gasteiger partial charge in [-0.3, -0.25) is 24.7 Å². The Labute approximate surface area is 281 Å². The van der Waals surface area contributed by atoms with E-state index in [-0.39, 0.29) is 41.8 Å². The van der Waals surface area contributed by atoms with Gasteiger partial charge < -0.3 is 14.2 Å². The first kappa shape index (κ1) is 33.3. The smallest absolute Gasteiger partial charge is 0.270 e. The monoisotopic (exact) mass is 661 g/mol. The van der Waals surface area contributed by atoms with Crippen molar-refractivity contribution in [2.24, 2.45) is 0 Å². The second kappa shape index (κ2) is 15.0. The Morgan fingerprint density at radius 2 is 1.65 bits per heavy atom. The van der Waals surface area contributed by atoms with E-state index in [0.717, 1.165) is 27.8 Å². The maximum Gasteiger partial charge on any atom is 0.270 e. The van der Waals surface area contributed by atoms with Crippen LogP contribution in [0.1, 0.15) is 38.2 Å². The van der Waals surface area contributed by atoms with E-state index < -0.39 is 4.92 Å². The zero-order valence-corrected chi connectivity index (χ0v) is 26.7. The van der Waals surface area contributed by atoms with Crippen molar-refractivity contribution in [1.29, 1.82) is 5.26 Å². The number of nitro benzene ring substituents is 1. The van der Waals surface area contributed by atoms with Crippen LogP contribution in [0.4, 0.5) is 5.69 Å². The maximum atomic E-state index is 11.8. The van der Waals surface area contributed by atoms with Crippen LogP contribution in [0.2, 0.25) is 5.02 Å². The van der Waals surface area contributed by atoms with Gasteiger partial charge in [0.05, 0.1) is 21.1 Å². The number of halogens is 1. The third-order valence-corrected chi connectivity index (χ3v) is 8.00. The molecule has 0 saturated heterocycles. The summed E-state index contributed by atoms with van der Waals surface area (Å²) < 4.78 is 17.8. The number of ether oxygens (including phenoxy) is 3. The van der Waals surface area contributed by atoms with Crippen molar-refractivity contribution in [3.8, 4) is 45.6 Å². The maximum absolute atomic E-state index is 11.8. The Balaban J connectivity index is 1.44. The van der Waals surface area contributed by atoms with Crippen LogP contribution in [0.3, 0.4) is 0 Å². The SMILES string of the molecule is Cc1c(COc2cc(OCc3cncc(C#N)c3)c(C=O)cc2Cl)cccc1-c1ccc(OCC=O)c(-c2cccc([N+](=O)[O-])c2)c1C. The summed E-state index contributed by atoms with van der Waals surface area (Å²) in [6, 6.07) is 22.4. The molecule has 240 valence electrons. The van der Waals surface area contributed by atoms with Crippen molar-refractivity contribution in [3.63, 3.8) is 0 Å². The molecule has 0 atom stereocenters. The Kier molecular flexibility index (Phi) is 10.4. The summed E-state index contributed by atoms with van der Waals surface area (Å²) >= 11 is 6.49. The third kappa shape index (κ3) is 7.33. The summed E-state index contributed by atoms with van der Waals surface area (Å²) in [5.41, 5.74) is 6.82. The summed E-state index contributed by atoms with van der Waals surface area (Å²) in [6.07, 6.45) is 4.31. The predicted octanol–water partition coefficient (Wildman–Crippen LogP) is 8.01. The van der Waals surface area contributed by atoms with Gasteiger partial charge in [0, 0.05) is 41.7 Å². The number of hydrogen-bond donors (Lipinski definition) is 0. The summed E-state index contributed by atoms with van der Waals surface area (Å²) in [7, 11) is 0. The van der Waals surface area contributed by atoms with Crippen LogP contribution in [-0.4, -0.2) is 29.1 Å². The Morgan fingerprint density at radius 1 is 0.875 bits per heavy atom. The van der Waals surface area contributed by atoms with Gasteiger partial charge in [-0.05, 0) is 65.4 Å². The molecule has 5 rings (SSSR count). The minimum absolute atomic E-state index is 0.0624. The van der Waals surface area contributed by atoms with E-state index in [0.29, 0.717) is 46.3 Å². The summed E-state index contributed by atoms with van der Waals surface area (Å²) in [5.74, 6) is 1.01. The fourth-order valence-electron chi connectivity index (χ4n) is 5.31. The molecular weight excluding hydrogens is 634 g/mol. The standard InChI is InChI=1S/C37H28ClN3O7/c1-23-28(22-48-36-16-35(29(20-43)15-33(36)38)47-21-26-13-25(17-39)18-40-19-26)6-4-8-31(23)32-9-10-34(46-12-11-42)37(24(32)2)27-5-3-7-30(14-27)41(44)45/h3-11,13-16,18-20H,12,21-22H2,1-2H3. The van der Waals surface area contributed by atoms with E-state index in [4.69, 9.17) is 31.1 Å². The number of carbonyl (C=O) groups excluding carboxylic acids is 2. The lowest BCUT2D eigenvalue weighted by atomic mass is 9.89. The van der Waals surface area contributed by atoms with Gasteiger partial charge in [-0.15, -0.1) is 0 Å². The molecule has 0 unspecified atom stereocenters. The molecule has 48 heavy (non-hydrogen) atoms. The van der Waals surface area contributed by atoms with E-state index >= 15 is 0 Å². The highest BCUT2D eigenvalue weighted by Gasteiger charge is 2.19. The van der Waals surface area contributed by atoms with E-state index in [9.17, 15) is 19.7 Å². The van der Waals surface area contributed by atoms with Gasteiger partial charge in [-0.1, -0.05) is 48.0 Å². The molecule has 0 aliphatic rings. The molecule has 1 aromatic heterocycles. The molecule has 11 heteroatoms. The topological polar surface area (TPSA) is 142 Å². The van der Waals surface area contributed by atoms with Gasteiger partial charge in [0.25, 0.3) is 5.69 Å². The Morgan fingerprint density at radius 3 is 2.40 bits per heavy atom. The minimum atomic E-state index is -0.456. The molecule has 0 N–H and O–H groups in total. The molecule has 5 aromatic rings. The number of hydrogen-bond acceptors (Lipinski definition) is 9. The first-order valence-corrected chi connectivity index (χ1v) is 15.0. The quantitative estimate of drug-likeness (QED) is 0.0696. The Bertz CT molecular complexity index is 2070. The van der Waals surface area contributed by atoms with Crippen molar-refractivity contribution in [3.05, 3.63) is 134 Å². The lowest BCUT2D eigenvalue weighted by Gasteiger charge is -2.19. The second-order valence-electron chi connectivity index (χ2n) is 10.7. The normalized spacial score (nSPS) is 10.5. The Hall–Kier alpha value is -6.05. The van der Waals surface area contributed by atoms with Gasteiger partial charge in [0.2, 0.25) is 0 Å². The van der Waals surface area contributed by atoms with E-state index in [2.05, 4.69) is 4.98 Å². The number of aldehydes is 2. The summed E-state index contributed by atoms with van der Waals surface area (Å²) in [6.45, 7) is 3.92. The fraction of sp³-hybridized carbons (Fsp3) is 0.135. The third-order valence-electron chi connectivity index (χ3n) is 7.71. The second-order valence-corrected chi connectivity index (χ2v) is 11.1. The van der Waals surface area contributed by atoms with Gasteiger partial charge in [0.15, 0.2) is 12.6 Å². The van der Waals surface area contributed by atoms with Gasteiger partial charge >= 0.3 is 0 Å². The largest absolute Gasteiger partial charge is 0.488 e. The van der Waals surface area contributed by atoms with Gasteiger partial charge in [-0.2, -0.15) is 5.26 Å². The number of carbonyl (C=O) groups is 2. The van der Waals surface area contributed by atoms with Gasteiger partial charge in [0.1, 0.15) is 43.1 Å². The predicted molar refractivity (Wildman–Crippen MR) is 179 cm³/mol. The first-order chi connectivity index (χ1) is 23.2. The molecule has 0 aliphatic carbocycles. The molecule has 0 aliphatic heterocycles.